The summed E-state index contributed by atoms with van der Waals surface area (Å²) in [7, 11) is 3.29. The predicted octanol–water partition coefficient (Wildman–Crippen LogP) is 3.33. The van der Waals surface area contributed by atoms with Gasteiger partial charge in [-0.3, -0.25) is 9.20 Å². The summed E-state index contributed by atoms with van der Waals surface area (Å²) in [6, 6.07) is 6.06. The molecule has 2 saturated heterocycles. The van der Waals surface area contributed by atoms with E-state index in [4.69, 9.17) is 14.5 Å². The Hall–Kier alpha value is -2.85. The molecule has 3 fully saturated rings. The fraction of sp³-hybridized carbons (Fsp3) is 0.480. The lowest BCUT2D eigenvalue weighted by molar-refractivity contribution is -0.142. The first kappa shape index (κ1) is 22.6. The van der Waals surface area contributed by atoms with Crippen LogP contribution >= 0.6 is 15.9 Å². The van der Waals surface area contributed by atoms with Gasteiger partial charge in [-0.15, -0.1) is 0 Å². The van der Waals surface area contributed by atoms with E-state index in [1.807, 2.05) is 24.4 Å². The standard InChI is InChI=1S/C25H29BrN6O3/c1-34-18-6-4-15(19(11-18)35-2)12-28-22-20-21(26)30-23(31(20)10-9-27-22)16-3-5-17-13-29-25(7-8-25)24(33)32(17)14-16/h4,6,9-11,16-17,29H,3,5,7-8,12-14H2,1-2H3,(H,27,28)/t16-,17+/m1/s1. The maximum absolute atomic E-state index is 13.1. The van der Waals surface area contributed by atoms with Gasteiger partial charge in [0, 0.05) is 55.6 Å². The number of piperazine rings is 1. The van der Waals surface area contributed by atoms with Crippen LogP contribution in [0.25, 0.3) is 5.52 Å². The van der Waals surface area contributed by atoms with Gasteiger partial charge in [-0.2, -0.15) is 0 Å². The van der Waals surface area contributed by atoms with Gasteiger partial charge in [0.1, 0.15) is 27.4 Å². The molecule has 1 spiro atoms. The molecule has 9 nitrogen and oxygen atoms in total. The first-order valence-corrected chi connectivity index (χ1v) is 12.9. The van der Waals surface area contributed by atoms with E-state index in [2.05, 4.69) is 40.8 Å². The molecule has 1 amide bonds. The molecule has 2 N–H and O–H groups in total. The molecule has 6 rings (SSSR count). The van der Waals surface area contributed by atoms with E-state index < -0.39 is 0 Å². The summed E-state index contributed by atoms with van der Waals surface area (Å²) in [6.07, 6.45) is 7.64. The number of piperidine rings is 1. The van der Waals surface area contributed by atoms with Gasteiger partial charge < -0.3 is 25.0 Å². The zero-order valence-corrected chi connectivity index (χ0v) is 21.5. The second-order valence-corrected chi connectivity index (χ2v) is 10.4. The monoisotopic (exact) mass is 540 g/mol. The fourth-order valence-corrected chi connectivity index (χ4v) is 6.05. The molecule has 3 aliphatic rings. The summed E-state index contributed by atoms with van der Waals surface area (Å²) in [5, 5.41) is 6.95. The third kappa shape index (κ3) is 3.83. The van der Waals surface area contributed by atoms with Crippen molar-refractivity contribution in [2.45, 2.75) is 49.7 Å². The van der Waals surface area contributed by atoms with Gasteiger partial charge in [0.05, 0.1) is 19.8 Å². The molecule has 0 bridgehead atoms. The average Bonchev–Trinajstić information content (AvgIpc) is 3.60. The number of fused-ring (bicyclic) bond motifs is 2. The van der Waals surface area contributed by atoms with Crippen molar-refractivity contribution >= 4 is 33.2 Å². The molecular weight excluding hydrogens is 512 g/mol. The maximum Gasteiger partial charge on any atom is 0.243 e. The predicted molar refractivity (Wildman–Crippen MR) is 135 cm³/mol. The van der Waals surface area contributed by atoms with Crippen molar-refractivity contribution in [3.05, 3.63) is 46.6 Å². The number of imidazole rings is 1. The third-order valence-corrected chi connectivity index (χ3v) is 8.20. The minimum absolute atomic E-state index is 0.180. The van der Waals surface area contributed by atoms with Gasteiger partial charge in [-0.05, 0) is 53.7 Å². The van der Waals surface area contributed by atoms with Crippen LogP contribution in [0.2, 0.25) is 0 Å². The number of rotatable bonds is 6. The number of amides is 1. The molecule has 0 unspecified atom stereocenters. The average molecular weight is 541 g/mol. The SMILES string of the molecule is COc1ccc(CNc2nccn3c([C@@H]4CC[C@H]5CNC6(CC6)C(=O)N5C4)nc(Br)c23)c(OC)c1. The van der Waals surface area contributed by atoms with Crippen molar-refractivity contribution in [1.29, 1.82) is 0 Å². The van der Waals surface area contributed by atoms with E-state index in [1.54, 1.807) is 20.4 Å². The first-order chi connectivity index (χ1) is 17.0. The van der Waals surface area contributed by atoms with Crippen molar-refractivity contribution in [2.75, 3.05) is 32.6 Å². The zero-order valence-electron chi connectivity index (χ0n) is 19.9. The number of benzene rings is 1. The summed E-state index contributed by atoms with van der Waals surface area (Å²) < 4.78 is 13.7. The molecule has 2 aromatic heterocycles. The van der Waals surface area contributed by atoms with E-state index in [1.165, 1.54) is 0 Å². The third-order valence-electron chi connectivity index (χ3n) is 7.65. The Morgan fingerprint density at radius 2 is 2.11 bits per heavy atom. The highest BCUT2D eigenvalue weighted by Gasteiger charge is 2.56. The Morgan fingerprint density at radius 3 is 2.89 bits per heavy atom. The van der Waals surface area contributed by atoms with Crippen LogP contribution in [0.1, 0.15) is 43.0 Å². The van der Waals surface area contributed by atoms with Crippen LogP contribution < -0.4 is 20.1 Å². The number of methoxy groups -OCH3 is 2. The first-order valence-electron chi connectivity index (χ1n) is 12.1. The minimum Gasteiger partial charge on any atom is -0.497 e. The molecular formula is C25H29BrN6O3. The number of aromatic nitrogens is 3. The lowest BCUT2D eigenvalue weighted by Crippen LogP contribution is -2.63. The molecule has 0 radical (unpaired) electrons. The summed E-state index contributed by atoms with van der Waals surface area (Å²) in [4.78, 5) is 24.8. The normalized spacial score (nSPS) is 22.8. The van der Waals surface area contributed by atoms with Crippen molar-refractivity contribution in [2.24, 2.45) is 0 Å². The number of halogens is 1. The second-order valence-electron chi connectivity index (χ2n) is 9.64. The molecule has 1 saturated carbocycles. The highest BCUT2D eigenvalue weighted by atomic mass is 79.9. The van der Waals surface area contributed by atoms with Crippen molar-refractivity contribution in [1.82, 2.24) is 24.6 Å². The van der Waals surface area contributed by atoms with Crippen LogP contribution in [0, 0.1) is 0 Å². The summed E-state index contributed by atoms with van der Waals surface area (Å²) in [5.41, 5.74) is 1.61. The van der Waals surface area contributed by atoms with Crippen LogP contribution in [-0.4, -0.2) is 64.1 Å². The van der Waals surface area contributed by atoms with Gasteiger partial charge in [0.15, 0.2) is 5.82 Å². The number of anilines is 1. The molecule has 35 heavy (non-hydrogen) atoms. The molecule has 2 aliphatic heterocycles. The number of nitrogens with zero attached hydrogens (tertiary/aromatic N) is 4. The number of nitrogens with one attached hydrogen (secondary N) is 2. The Bertz CT molecular complexity index is 1290. The number of carbonyl (C=O) groups excluding carboxylic acids is 1. The molecule has 2 atom stereocenters. The molecule has 10 heteroatoms. The lowest BCUT2D eigenvalue weighted by Gasteiger charge is -2.45. The molecule has 4 heterocycles. The van der Waals surface area contributed by atoms with E-state index >= 15 is 0 Å². The van der Waals surface area contributed by atoms with Gasteiger partial charge in [0.25, 0.3) is 0 Å². The van der Waals surface area contributed by atoms with Crippen LogP contribution in [-0.2, 0) is 11.3 Å². The Morgan fingerprint density at radius 1 is 1.26 bits per heavy atom. The van der Waals surface area contributed by atoms with Crippen molar-refractivity contribution < 1.29 is 14.3 Å². The highest BCUT2D eigenvalue weighted by molar-refractivity contribution is 9.10. The van der Waals surface area contributed by atoms with Gasteiger partial charge >= 0.3 is 0 Å². The topological polar surface area (TPSA) is 93.0 Å². The number of hydrogen-bond acceptors (Lipinski definition) is 7. The lowest BCUT2D eigenvalue weighted by atomic mass is 9.89. The van der Waals surface area contributed by atoms with E-state index in [-0.39, 0.29) is 23.4 Å². The van der Waals surface area contributed by atoms with Crippen molar-refractivity contribution in [3.63, 3.8) is 0 Å². The smallest absolute Gasteiger partial charge is 0.243 e. The Kier molecular flexibility index (Phi) is 5.60. The van der Waals surface area contributed by atoms with Crippen LogP contribution in [0.15, 0.2) is 35.2 Å². The molecule has 3 aromatic rings. The second kappa shape index (κ2) is 8.67. The number of carbonyl (C=O) groups is 1. The van der Waals surface area contributed by atoms with Crippen LogP contribution in [0.4, 0.5) is 5.82 Å². The Balaban J connectivity index is 1.26. The van der Waals surface area contributed by atoms with E-state index in [0.29, 0.717) is 13.1 Å². The van der Waals surface area contributed by atoms with Crippen LogP contribution in [0.3, 0.4) is 0 Å². The fourth-order valence-electron chi connectivity index (χ4n) is 5.49. The summed E-state index contributed by atoms with van der Waals surface area (Å²) >= 11 is 3.67. The summed E-state index contributed by atoms with van der Waals surface area (Å²) in [6.45, 7) is 2.15. The maximum atomic E-state index is 13.1. The van der Waals surface area contributed by atoms with E-state index in [9.17, 15) is 4.79 Å². The summed E-state index contributed by atoms with van der Waals surface area (Å²) in [5.74, 6) is 3.66. The quantitative estimate of drug-likeness (QED) is 0.495. The van der Waals surface area contributed by atoms with Gasteiger partial charge in [0.2, 0.25) is 5.91 Å². The molecule has 1 aliphatic carbocycles. The number of ether oxygens (including phenoxy) is 2. The zero-order chi connectivity index (χ0) is 24.2. The van der Waals surface area contributed by atoms with Gasteiger partial charge in [-0.1, -0.05) is 0 Å². The highest BCUT2D eigenvalue weighted by Crippen LogP contribution is 2.43. The van der Waals surface area contributed by atoms with Gasteiger partial charge in [-0.25, -0.2) is 9.97 Å². The minimum atomic E-state index is -0.281. The Labute approximate surface area is 212 Å². The van der Waals surface area contributed by atoms with Crippen LogP contribution in [0.5, 0.6) is 11.5 Å². The largest absolute Gasteiger partial charge is 0.497 e. The van der Waals surface area contributed by atoms with E-state index in [0.717, 1.165) is 71.1 Å². The molecule has 1 aromatic carbocycles. The molecule has 184 valence electrons. The number of hydrogen-bond donors (Lipinski definition) is 2. The van der Waals surface area contributed by atoms with Crippen molar-refractivity contribution in [3.8, 4) is 11.5 Å².